The van der Waals surface area contributed by atoms with Gasteiger partial charge in [0.1, 0.15) is 6.10 Å². The lowest BCUT2D eigenvalue weighted by atomic mass is 9.97. The Morgan fingerprint density at radius 3 is 3.10 bits per heavy atom. The summed E-state index contributed by atoms with van der Waals surface area (Å²) in [5, 5.41) is 0. The van der Waals surface area contributed by atoms with Crippen LogP contribution in [0.4, 0.5) is 0 Å². The number of rotatable bonds is 0. The fraction of sp³-hybridized carbons (Fsp3) is 0.875. The summed E-state index contributed by atoms with van der Waals surface area (Å²) in [4.78, 5) is 11.1. The van der Waals surface area contributed by atoms with Crippen LogP contribution < -0.4 is 0 Å². The molecule has 2 aliphatic rings. The molecule has 0 N–H and O–H groups in total. The van der Waals surface area contributed by atoms with Crippen LogP contribution in [0.25, 0.3) is 0 Å². The van der Waals surface area contributed by atoms with Crippen molar-refractivity contribution in [2.45, 2.75) is 44.3 Å². The average Bonchev–Trinajstić information content (AvgIpc) is 2.23. The van der Waals surface area contributed by atoms with Crippen molar-refractivity contribution in [3.05, 3.63) is 0 Å². The second kappa shape index (κ2) is 1.82. The van der Waals surface area contributed by atoms with Gasteiger partial charge in [0.2, 0.25) is 0 Å². The molecule has 0 saturated carbocycles. The van der Waals surface area contributed by atoms with E-state index in [1.165, 1.54) is 0 Å². The summed E-state index contributed by atoms with van der Waals surface area (Å²) in [7, 11) is 0. The highest BCUT2D eigenvalue weighted by Gasteiger charge is 2.43. The lowest BCUT2D eigenvalue weighted by Crippen LogP contribution is -2.34. The highest BCUT2D eigenvalue weighted by molar-refractivity contribution is 5.84. The van der Waals surface area contributed by atoms with E-state index in [1.54, 1.807) is 0 Å². The zero-order chi connectivity index (χ0) is 7.19. The summed E-state index contributed by atoms with van der Waals surface area (Å²) in [6.07, 6.45) is 3.65. The molecule has 2 heterocycles. The zero-order valence-electron chi connectivity index (χ0n) is 6.22. The van der Waals surface area contributed by atoms with Gasteiger partial charge in [0, 0.05) is 6.42 Å². The lowest BCUT2D eigenvalue weighted by molar-refractivity contribution is -0.143. The minimum Gasteiger partial charge on any atom is -0.364 e. The minimum absolute atomic E-state index is 0.0428. The smallest absolute Gasteiger partial charge is 0.161 e. The standard InChI is InChI=1S/C8H12O2/c1-8-4-2-6(9)7(10-8)3-5-8/h7H,2-5H2,1H3/t7-,8-/m1/s1. The molecular formula is C8H12O2. The average molecular weight is 140 g/mol. The predicted molar refractivity (Wildman–Crippen MR) is 36.8 cm³/mol. The Morgan fingerprint density at radius 2 is 2.40 bits per heavy atom. The number of hydrogen-bond donors (Lipinski definition) is 0. The van der Waals surface area contributed by atoms with Crippen LogP contribution in [0.3, 0.4) is 0 Å². The Labute approximate surface area is 60.6 Å². The van der Waals surface area contributed by atoms with Crippen LogP contribution in [0.15, 0.2) is 0 Å². The van der Waals surface area contributed by atoms with Crippen molar-refractivity contribution in [3.8, 4) is 0 Å². The van der Waals surface area contributed by atoms with Crippen LogP contribution in [0, 0.1) is 0 Å². The number of carbonyl (C=O) groups is 1. The van der Waals surface area contributed by atoms with Gasteiger partial charge in [-0.1, -0.05) is 0 Å². The third-order valence-electron chi connectivity index (χ3n) is 2.62. The van der Waals surface area contributed by atoms with Gasteiger partial charge >= 0.3 is 0 Å². The molecule has 0 unspecified atom stereocenters. The molecule has 2 rings (SSSR count). The number of ether oxygens (including phenoxy) is 1. The van der Waals surface area contributed by atoms with Crippen molar-refractivity contribution >= 4 is 5.78 Å². The summed E-state index contributed by atoms with van der Waals surface area (Å²) >= 11 is 0. The highest BCUT2D eigenvalue weighted by Crippen LogP contribution is 2.38. The van der Waals surface area contributed by atoms with E-state index in [4.69, 9.17) is 4.74 Å². The molecule has 0 amide bonds. The SMILES string of the molecule is C[C@@]12CCC(=O)[C@@H](CC1)O2. The van der Waals surface area contributed by atoms with Crippen LogP contribution in [-0.4, -0.2) is 17.5 Å². The van der Waals surface area contributed by atoms with E-state index < -0.39 is 0 Å². The molecular weight excluding hydrogens is 128 g/mol. The number of fused-ring (bicyclic) bond motifs is 2. The van der Waals surface area contributed by atoms with E-state index in [9.17, 15) is 4.79 Å². The molecule has 2 fully saturated rings. The maximum Gasteiger partial charge on any atom is 0.161 e. The second-order valence-corrected chi connectivity index (χ2v) is 3.56. The van der Waals surface area contributed by atoms with Crippen molar-refractivity contribution in [2.24, 2.45) is 0 Å². The highest BCUT2D eigenvalue weighted by atomic mass is 16.5. The van der Waals surface area contributed by atoms with Gasteiger partial charge in [-0.15, -0.1) is 0 Å². The molecule has 0 aromatic carbocycles. The number of carbonyl (C=O) groups excluding carboxylic acids is 1. The summed E-state index contributed by atoms with van der Waals surface area (Å²) in [6.45, 7) is 2.11. The molecule has 0 radical (unpaired) electrons. The van der Waals surface area contributed by atoms with Gasteiger partial charge in [0.15, 0.2) is 5.78 Å². The number of hydrogen-bond acceptors (Lipinski definition) is 2. The third kappa shape index (κ3) is 0.788. The Bertz CT molecular complexity index is 176. The molecule has 0 spiro atoms. The Balaban J connectivity index is 2.20. The lowest BCUT2D eigenvalue weighted by Gasteiger charge is -2.28. The predicted octanol–water partition coefficient (Wildman–Crippen LogP) is 1.29. The zero-order valence-corrected chi connectivity index (χ0v) is 6.22. The maximum absolute atomic E-state index is 11.1. The molecule has 0 aromatic rings. The van der Waals surface area contributed by atoms with E-state index in [0.717, 1.165) is 25.7 Å². The van der Waals surface area contributed by atoms with Crippen molar-refractivity contribution in [2.75, 3.05) is 0 Å². The Kier molecular flexibility index (Phi) is 1.15. The molecule has 0 aliphatic carbocycles. The fourth-order valence-electron chi connectivity index (χ4n) is 1.86. The molecule has 2 bridgehead atoms. The molecule has 56 valence electrons. The summed E-state index contributed by atoms with van der Waals surface area (Å²) in [5.74, 6) is 0.315. The number of Topliss-reactive ketones (excluding diaryl/α,β-unsaturated/α-hetero) is 1. The molecule has 10 heavy (non-hydrogen) atoms. The first kappa shape index (κ1) is 6.35. The van der Waals surface area contributed by atoms with Crippen LogP contribution >= 0.6 is 0 Å². The third-order valence-corrected chi connectivity index (χ3v) is 2.62. The van der Waals surface area contributed by atoms with Crippen molar-refractivity contribution in [3.63, 3.8) is 0 Å². The van der Waals surface area contributed by atoms with Gasteiger partial charge < -0.3 is 4.74 Å². The molecule has 2 heteroatoms. The molecule has 2 aliphatic heterocycles. The molecule has 2 saturated heterocycles. The fourth-order valence-corrected chi connectivity index (χ4v) is 1.86. The minimum atomic E-state index is -0.0428. The quantitative estimate of drug-likeness (QED) is 0.506. The monoisotopic (exact) mass is 140 g/mol. The second-order valence-electron chi connectivity index (χ2n) is 3.56. The van der Waals surface area contributed by atoms with Crippen molar-refractivity contribution in [1.82, 2.24) is 0 Å². The van der Waals surface area contributed by atoms with Gasteiger partial charge in [0.05, 0.1) is 5.60 Å². The van der Waals surface area contributed by atoms with E-state index in [2.05, 4.69) is 6.92 Å². The Morgan fingerprint density at radius 1 is 1.60 bits per heavy atom. The molecule has 2 atom stereocenters. The molecule has 2 nitrogen and oxygen atoms in total. The number of ketones is 1. The van der Waals surface area contributed by atoms with Gasteiger partial charge in [-0.25, -0.2) is 0 Å². The largest absolute Gasteiger partial charge is 0.364 e. The van der Waals surface area contributed by atoms with E-state index >= 15 is 0 Å². The Hall–Kier alpha value is -0.370. The van der Waals surface area contributed by atoms with Crippen LogP contribution in [0.2, 0.25) is 0 Å². The summed E-state index contributed by atoms with van der Waals surface area (Å²) < 4.78 is 5.55. The van der Waals surface area contributed by atoms with E-state index in [1.807, 2.05) is 0 Å². The van der Waals surface area contributed by atoms with E-state index in [-0.39, 0.29) is 11.7 Å². The first-order chi connectivity index (χ1) is 4.70. The first-order valence-electron chi connectivity index (χ1n) is 3.90. The van der Waals surface area contributed by atoms with Gasteiger partial charge in [-0.2, -0.15) is 0 Å². The van der Waals surface area contributed by atoms with Crippen LogP contribution in [0.5, 0.6) is 0 Å². The summed E-state index contributed by atoms with van der Waals surface area (Å²) in [5.41, 5.74) is 0.0541. The normalized spacial score (nSPS) is 46.1. The van der Waals surface area contributed by atoms with Crippen LogP contribution in [0.1, 0.15) is 32.6 Å². The maximum atomic E-state index is 11.1. The van der Waals surface area contributed by atoms with E-state index in [0.29, 0.717) is 5.78 Å². The summed E-state index contributed by atoms with van der Waals surface area (Å²) in [6, 6.07) is 0. The van der Waals surface area contributed by atoms with Gasteiger partial charge in [0.25, 0.3) is 0 Å². The van der Waals surface area contributed by atoms with Gasteiger partial charge in [-0.05, 0) is 26.2 Å². The topological polar surface area (TPSA) is 26.3 Å². The van der Waals surface area contributed by atoms with Crippen molar-refractivity contribution < 1.29 is 9.53 Å². The van der Waals surface area contributed by atoms with Crippen LogP contribution in [-0.2, 0) is 9.53 Å². The van der Waals surface area contributed by atoms with Gasteiger partial charge in [-0.3, -0.25) is 4.79 Å². The molecule has 0 aromatic heterocycles. The van der Waals surface area contributed by atoms with Crippen molar-refractivity contribution in [1.29, 1.82) is 0 Å². The first-order valence-corrected chi connectivity index (χ1v) is 3.90.